The van der Waals surface area contributed by atoms with Gasteiger partial charge in [-0.1, -0.05) is 67.6 Å². The fourth-order valence-electron chi connectivity index (χ4n) is 1.87. The standard InChI is InChI=1S/C10H12O.C9H10O/c11-9-5-4-8-10-6-2-1-3-7-10;1-8(7-10)9-5-3-2-4-6-9/h1-3,6-7,9H,4-5,8H2;2-8H,1H3. The molecule has 0 spiro atoms. The van der Waals surface area contributed by atoms with Gasteiger partial charge >= 0.3 is 0 Å². The van der Waals surface area contributed by atoms with Crippen LogP contribution in [0.3, 0.4) is 0 Å². The van der Waals surface area contributed by atoms with E-state index in [-0.39, 0.29) is 5.92 Å². The van der Waals surface area contributed by atoms with Crippen molar-refractivity contribution in [3.63, 3.8) is 0 Å². The number of aryl methyl sites for hydroxylation is 1. The second kappa shape index (κ2) is 10.6. The molecule has 21 heavy (non-hydrogen) atoms. The van der Waals surface area contributed by atoms with E-state index in [1.165, 1.54) is 5.56 Å². The van der Waals surface area contributed by atoms with E-state index in [4.69, 9.17) is 0 Å². The Balaban J connectivity index is 0.000000211. The van der Waals surface area contributed by atoms with Crippen LogP contribution in [0.1, 0.15) is 36.8 Å². The van der Waals surface area contributed by atoms with Gasteiger partial charge in [-0.15, -0.1) is 0 Å². The number of hydrogen-bond acceptors (Lipinski definition) is 2. The van der Waals surface area contributed by atoms with Crippen molar-refractivity contribution in [1.29, 1.82) is 0 Å². The zero-order chi connectivity index (χ0) is 15.3. The Morgan fingerprint density at radius 3 is 2.00 bits per heavy atom. The highest BCUT2D eigenvalue weighted by Gasteiger charge is 1.99. The Morgan fingerprint density at radius 1 is 0.905 bits per heavy atom. The maximum absolute atomic E-state index is 10.3. The third-order valence-electron chi connectivity index (χ3n) is 3.16. The van der Waals surface area contributed by atoms with E-state index in [0.29, 0.717) is 6.42 Å². The van der Waals surface area contributed by atoms with Crippen molar-refractivity contribution >= 4 is 12.6 Å². The Hall–Kier alpha value is -2.22. The molecule has 2 aromatic rings. The molecule has 1 unspecified atom stereocenters. The Kier molecular flexibility index (Phi) is 8.46. The van der Waals surface area contributed by atoms with Crippen LogP contribution in [-0.4, -0.2) is 12.6 Å². The predicted octanol–water partition coefficient (Wildman–Crippen LogP) is 4.20. The summed E-state index contributed by atoms with van der Waals surface area (Å²) in [6.45, 7) is 1.89. The van der Waals surface area contributed by atoms with Gasteiger partial charge < -0.3 is 9.59 Å². The Labute approximate surface area is 126 Å². The van der Waals surface area contributed by atoms with Crippen LogP contribution < -0.4 is 0 Å². The lowest BCUT2D eigenvalue weighted by Gasteiger charge is -2.00. The Bertz CT molecular complexity index is 506. The van der Waals surface area contributed by atoms with Crippen molar-refractivity contribution in [2.45, 2.75) is 32.1 Å². The summed E-state index contributed by atoms with van der Waals surface area (Å²) in [6, 6.07) is 20.0. The van der Waals surface area contributed by atoms with Gasteiger partial charge in [0.25, 0.3) is 0 Å². The molecule has 0 aliphatic carbocycles. The van der Waals surface area contributed by atoms with Gasteiger partial charge in [0.2, 0.25) is 0 Å². The summed E-state index contributed by atoms with van der Waals surface area (Å²) in [5.74, 6) is 0.0289. The molecule has 0 saturated carbocycles. The molecule has 2 aromatic carbocycles. The minimum absolute atomic E-state index is 0.0289. The summed E-state index contributed by atoms with van der Waals surface area (Å²) in [5.41, 5.74) is 2.40. The second-order valence-electron chi connectivity index (χ2n) is 4.88. The van der Waals surface area contributed by atoms with Crippen molar-refractivity contribution < 1.29 is 9.59 Å². The summed E-state index contributed by atoms with van der Waals surface area (Å²) < 4.78 is 0. The molecular formula is C19H22O2. The van der Waals surface area contributed by atoms with Crippen LogP contribution in [0.15, 0.2) is 60.7 Å². The van der Waals surface area contributed by atoms with Gasteiger partial charge in [-0.3, -0.25) is 0 Å². The van der Waals surface area contributed by atoms with Crippen molar-refractivity contribution in [2.75, 3.05) is 0 Å². The van der Waals surface area contributed by atoms with E-state index in [0.717, 1.165) is 31.0 Å². The summed E-state index contributed by atoms with van der Waals surface area (Å²) >= 11 is 0. The summed E-state index contributed by atoms with van der Waals surface area (Å²) in [5, 5.41) is 0. The van der Waals surface area contributed by atoms with Gasteiger partial charge in [-0.2, -0.15) is 0 Å². The van der Waals surface area contributed by atoms with Gasteiger partial charge in [-0.25, -0.2) is 0 Å². The van der Waals surface area contributed by atoms with Crippen LogP contribution in [-0.2, 0) is 16.0 Å². The molecule has 1 atom stereocenters. The lowest BCUT2D eigenvalue weighted by molar-refractivity contribution is -0.109. The smallest absolute Gasteiger partial charge is 0.127 e. The Morgan fingerprint density at radius 2 is 1.48 bits per heavy atom. The van der Waals surface area contributed by atoms with Crippen LogP contribution in [0.2, 0.25) is 0 Å². The number of benzene rings is 2. The monoisotopic (exact) mass is 282 g/mol. The molecule has 2 nitrogen and oxygen atoms in total. The van der Waals surface area contributed by atoms with Gasteiger partial charge in [0.1, 0.15) is 12.6 Å². The van der Waals surface area contributed by atoms with Crippen LogP contribution in [0.5, 0.6) is 0 Å². The van der Waals surface area contributed by atoms with E-state index in [1.54, 1.807) is 0 Å². The molecule has 2 heteroatoms. The molecule has 0 fully saturated rings. The quantitative estimate of drug-likeness (QED) is 0.588. The maximum atomic E-state index is 10.3. The lowest BCUT2D eigenvalue weighted by Crippen LogP contribution is -1.92. The highest BCUT2D eigenvalue weighted by atomic mass is 16.1. The predicted molar refractivity (Wildman–Crippen MR) is 86.4 cm³/mol. The van der Waals surface area contributed by atoms with E-state index >= 15 is 0 Å². The van der Waals surface area contributed by atoms with E-state index in [9.17, 15) is 9.59 Å². The van der Waals surface area contributed by atoms with Gasteiger partial charge in [0, 0.05) is 12.3 Å². The summed E-state index contributed by atoms with van der Waals surface area (Å²) in [6.07, 6.45) is 4.58. The van der Waals surface area contributed by atoms with Gasteiger partial charge in [0.15, 0.2) is 0 Å². The fraction of sp³-hybridized carbons (Fsp3) is 0.263. The highest BCUT2D eigenvalue weighted by Crippen LogP contribution is 2.10. The van der Waals surface area contributed by atoms with Crippen LogP contribution in [0.25, 0.3) is 0 Å². The molecule has 0 aromatic heterocycles. The first kappa shape index (κ1) is 16.8. The van der Waals surface area contributed by atoms with Crippen molar-refractivity contribution in [3.8, 4) is 0 Å². The highest BCUT2D eigenvalue weighted by molar-refractivity contribution is 5.61. The largest absolute Gasteiger partial charge is 0.303 e. The first-order chi connectivity index (χ1) is 10.3. The molecule has 0 radical (unpaired) electrons. The zero-order valence-corrected chi connectivity index (χ0v) is 12.4. The third-order valence-corrected chi connectivity index (χ3v) is 3.16. The average Bonchev–Trinajstić information content (AvgIpc) is 2.57. The normalized spacial score (nSPS) is 10.9. The molecule has 0 aliphatic heterocycles. The molecule has 0 N–H and O–H groups in total. The minimum atomic E-state index is 0.0289. The number of aldehydes is 2. The maximum Gasteiger partial charge on any atom is 0.127 e. The van der Waals surface area contributed by atoms with Crippen molar-refractivity contribution in [2.24, 2.45) is 0 Å². The van der Waals surface area contributed by atoms with Crippen molar-refractivity contribution in [3.05, 3.63) is 71.8 Å². The number of unbranched alkanes of at least 4 members (excludes halogenated alkanes) is 1. The topological polar surface area (TPSA) is 34.1 Å². The van der Waals surface area contributed by atoms with Gasteiger partial charge in [-0.05, 0) is 24.0 Å². The third kappa shape index (κ3) is 7.21. The van der Waals surface area contributed by atoms with E-state index in [2.05, 4.69) is 12.1 Å². The summed E-state index contributed by atoms with van der Waals surface area (Å²) in [4.78, 5) is 20.3. The van der Waals surface area contributed by atoms with Crippen LogP contribution in [0.4, 0.5) is 0 Å². The van der Waals surface area contributed by atoms with E-state index < -0.39 is 0 Å². The molecule has 0 aliphatic rings. The second-order valence-corrected chi connectivity index (χ2v) is 4.88. The van der Waals surface area contributed by atoms with E-state index in [1.807, 2.05) is 55.5 Å². The average molecular weight is 282 g/mol. The molecule has 0 saturated heterocycles. The van der Waals surface area contributed by atoms with Crippen LogP contribution >= 0.6 is 0 Å². The number of carbonyl (C=O) groups is 2. The molecule has 110 valence electrons. The molecule has 2 rings (SSSR count). The number of rotatable bonds is 6. The SMILES string of the molecule is CC(C=O)c1ccccc1.O=CCCCc1ccccc1. The summed E-state index contributed by atoms with van der Waals surface area (Å²) in [7, 11) is 0. The number of hydrogen-bond donors (Lipinski definition) is 0. The number of carbonyl (C=O) groups excluding carboxylic acids is 2. The van der Waals surface area contributed by atoms with Crippen molar-refractivity contribution in [1.82, 2.24) is 0 Å². The molecule has 0 heterocycles. The minimum Gasteiger partial charge on any atom is -0.303 e. The molecule has 0 bridgehead atoms. The molecule has 0 amide bonds. The lowest BCUT2D eigenvalue weighted by atomic mass is 10.0. The van der Waals surface area contributed by atoms with Crippen LogP contribution in [0, 0.1) is 0 Å². The van der Waals surface area contributed by atoms with Gasteiger partial charge in [0.05, 0.1) is 0 Å². The first-order valence-corrected chi connectivity index (χ1v) is 7.25. The zero-order valence-electron chi connectivity index (χ0n) is 12.4. The fourth-order valence-corrected chi connectivity index (χ4v) is 1.87. The first-order valence-electron chi connectivity index (χ1n) is 7.25. The molecular weight excluding hydrogens is 260 g/mol.